The first-order valence-corrected chi connectivity index (χ1v) is 9.53. The van der Waals surface area contributed by atoms with Crippen LogP contribution in [0.4, 0.5) is 0 Å². The lowest BCUT2D eigenvalue weighted by atomic mass is 10.0. The number of carbonyl (C=O) groups excluding carboxylic acids is 1. The summed E-state index contributed by atoms with van der Waals surface area (Å²) in [5.41, 5.74) is 0. The molecule has 0 saturated heterocycles. The van der Waals surface area contributed by atoms with Gasteiger partial charge in [0.25, 0.3) is 0 Å². The fraction of sp³-hybridized carbons (Fsp3) is 0.692. The maximum Gasteiger partial charge on any atom is 0.220 e. The number of hydrogen-bond donors (Lipinski definition) is 1. The smallest absolute Gasteiger partial charge is 0.220 e. The molecule has 1 heterocycles. The lowest BCUT2D eigenvalue weighted by Gasteiger charge is -2.25. The van der Waals surface area contributed by atoms with Gasteiger partial charge in [0.05, 0.1) is 6.04 Å². The van der Waals surface area contributed by atoms with E-state index in [4.69, 9.17) is 58.0 Å². The zero-order valence-corrected chi connectivity index (χ0v) is 16.6. The third-order valence-corrected chi connectivity index (χ3v) is 6.04. The maximum atomic E-state index is 12.1. The number of aromatic nitrogens is 1. The van der Waals surface area contributed by atoms with E-state index in [9.17, 15) is 4.79 Å². The first-order chi connectivity index (χ1) is 10.1. The van der Waals surface area contributed by atoms with Crippen molar-refractivity contribution in [2.75, 3.05) is 0 Å². The summed E-state index contributed by atoms with van der Waals surface area (Å²) in [5.74, 6) is -0.556. The molecular formula is C13H17Cl5N2OS. The summed E-state index contributed by atoms with van der Waals surface area (Å²) in [6.07, 6.45) is 2.37. The number of nitrogens with zero attached hydrogens (tertiary/aromatic N) is 1. The van der Waals surface area contributed by atoms with Crippen molar-refractivity contribution in [3.05, 3.63) is 16.6 Å². The lowest BCUT2D eigenvalue weighted by molar-refractivity contribution is -0.122. The second-order valence-electron chi connectivity index (χ2n) is 5.18. The van der Waals surface area contributed by atoms with Crippen LogP contribution in [0.2, 0.25) is 0 Å². The monoisotopic (exact) mass is 424 g/mol. The molecule has 1 aromatic heterocycles. The van der Waals surface area contributed by atoms with E-state index < -0.39 is 8.63 Å². The topological polar surface area (TPSA) is 42.0 Å². The van der Waals surface area contributed by atoms with Crippen molar-refractivity contribution in [3.63, 3.8) is 0 Å². The first kappa shape index (κ1) is 20.6. The van der Waals surface area contributed by atoms with Crippen LogP contribution in [-0.4, -0.2) is 19.5 Å². The number of alkyl halides is 5. The Morgan fingerprint density at radius 1 is 1.36 bits per heavy atom. The molecule has 0 fully saturated rings. The van der Waals surface area contributed by atoms with Crippen LogP contribution in [0.3, 0.4) is 0 Å². The van der Waals surface area contributed by atoms with Crippen LogP contribution in [-0.2, 0) is 4.79 Å². The van der Waals surface area contributed by atoms with Crippen molar-refractivity contribution in [2.24, 2.45) is 11.8 Å². The molecule has 1 rings (SSSR count). The van der Waals surface area contributed by atoms with Gasteiger partial charge in [-0.1, -0.05) is 48.7 Å². The molecule has 9 heteroatoms. The molecule has 0 aliphatic rings. The molecule has 22 heavy (non-hydrogen) atoms. The number of carbonyl (C=O) groups is 1. The van der Waals surface area contributed by atoms with Gasteiger partial charge in [0.2, 0.25) is 5.91 Å². The Kier molecular flexibility index (Phi) is 8.56. The molecule has 0 aliphatic heterocycles. The Hall–Kier alpha value is 0.550. The molecule has 1 aromatic rings. The molecule has 3 atom stereocenters. The van der Waals surface area contributed by atoms with Gasteiger partial charge < -0.3 is 5.32 Å². The minimum atomic E-state index is -1.40. The highest BCUT2D eigenvalue weighted by atomic mass is 35.6. The molecule has 0 radical (unpaired) electrons. The minimum absolute atomic E-state index is 0.147. The van der Waals surface area contributed by atoms with Gasteiger partial charge in [0.1, 0.15) is 9.84 Å². The molecule has 0 bridgehead atoms. The van der Waals surface area contributed by atoms with Gasteiger partial charge in [-0.3, -0.25) is 4.79 Å². The summed E-state index contributed by atoms with van der Waals surface area (Å²) in [6.45, 7) is 3.63. The third-order valence-electron chi connectivity index (χ3n) is 3.17. The standard InChI is InChI=1S/C13H17Cl5N2OS/c1-7(11(14)15)5-10(21)20-9(12-19-3-4-22-12)6-8(2)13(16,17)18/h3-4,7-9,11H,5-6H2,1-2H3,(H,20,21)/t7-,8-,9?/m0/s1. The van der Waals surface area contributed by atoms with Crippen LogP contribution in [0, 0.1) is 11.8 Å². The van der Waals surface area contributed by atoms with Gasteiger partial charge >= 0.3 is 0 Å². The quantitative estimate of drug-likeness (QED) is 0.583. The molecular weight excluding hydrogens is 409 g/mol. The zero-order chi connectivity index (χ0) is 16.9. The van der Waals surface area contributed by atoms with Gasteiger partial charge in [0, 0.05) is 23.9 Å². The van der Waals surface area contributed by atoms with Gasteiger partial charge in [-0.25, -0.2) is 4.98 Å². The van der Waals surface area contributed by atoms with Gasteiger partial charge in [-0.05, 0) is 12.3 Å². The van der Waals surface area contributed by atoms with Gasteiger partial charge in [-0.2, -0.15) is 0 Å². The molecule has 1 N–H and O–H groups in total. The molecule has 1 unspecified atom stereocenters. The largest absolute Gasteiger partial charge is 0.347 e. The molecule has 0 spiro atoms. The number of amides is 1. The average Bonchev–Trinajstić information content (AvgIpc) is 2.90. The number of nitrogens with one attached hydrogen (secondary N) is 1. The number of halogens is 5. The summed E-state index contributed by atoms with van der Waals surface area (Å²) >= 11 is 30.7. The molecule has 0 saturated carbocycles. The van der Waals surface area contributed by atoms with Gasteiger partial charge in [-0.15, -0.1) is 34.5 Å². The Bertz CT molecular complexity index is 463. The Morgan fingerprint density at radius 2 is 2.00 bits per heavy atom. The average molecular weight is 427 g/mol. The molecule has 0 aromatic carbocycles. The molecule has 3 nitrogen and oxygen atoms in total. The maximum absolute atomic E-state index is 12.1. The number of thiazole rings is 1. The number of hydrogen-bond acceptors (Lipinski definition) is 3. The van der Waals surface area contributed by atoms with E-state index in [0.717, 1.165) is 5.01 Å². The Balaban J connectivity index is 2.74. The second kappa shape index (κ2) is 9.14. The highest BCUT2D eigenvalue weighted by molar-refractivity contribution is 7.09. The van der Waals surface area contributed by atoms with Crippen LogP contribution in [0.1, 0.15) is 37.7 Å². The third kappa shape index (κ3) is 6.98. The van der Waals surface area contributed by atoms with E-state index in [-0.39, 0.29) is 30.2 Å². The summed E-state index contributed by atoms with van der Waals surface area (Å²) in [7, 11) is 0. The molecule has 1 amide bonds. The fourth-order valence-electron chi connectivity index (χ4n) is 1.75. The normalized spacial score (nSPS) is 16.4. The Labute approximate surface area is 159 Å². The van der Waals surface area contributed by atoms with E-state index in [1.807, 2.05) is 19.2 Å². The van der Waals surface area contributed by atoms with E-state index in [0.29, 0.717) is 6.42 Å². The van der Waals surface area contributed by atoms with Crippen LogP contribution in [0.15, 0.2) is 11.6 Å². The van der Waals surface area contributed by atoms with Gasteiger partial charge in [0.15, 0.2) is 3.79 Å². The van der Waals surface area contributed by atoms with Crippen molar-refractivity contribution in [2.45, 2.75) is 41.4 Å². The van der Waals surface area contributed by atoms with Crippen molar-refractivity contribution in [3.8, 4) is 0 Å². The van der Waals surface area contributed by atoms with Crippen molar-refractivity contribution in [1.29, 1.82) is 0 Å². The lowest BCUT2D eigenvalue weighted by Crippen LogP contribution is -2.33. The summed E-state index contributed by atoms with van der Waals surface area (Å²) in [5, 5.41) is 5.54. The highest BCUT2D eigenvalue weighted by Gasteiger charge is 2.32. The summed E-state index contributed by atoms with van der Waals surface area (Å²) in [6, 6.07) is -0.311. The molecule has 0 aliphatic carbocycles. The second-order valence-corrected chi connectivity index (χ2v) is 9.64. The zero-order valence-electron chi connectivity index (χ0n) is 12.0. The van der Waals surface area contributed by atoms with Crippen molar-refractivity contribution < 1.29 is 4.79 Å². The van der Waals surface area contributed by atoms with Crippen molar-refractivity contribution in [1.82, 2.24) is 10.3 Å². The van der Waals surface area contributed by atoms with E-state index in [1.165, 1.54) is 11.3 Å². The number of rotatable bonds is 7. The highest BCUT2D eigenvalue weighted by Crippen LogP contribution is 2.39. The predicted octanol–water partition coefficient (Wildman–Crippen LogP) is 5.53. The molecule has 126 valence electrons. The van der Waals surface area contributed by atoms with Crippen LogP contribution >= 0.6 is 69.3 Å². The van der Waals surface area contributed by atoms with Crippen molar-refractivity contribution >= 4 is 75.2 Å². The summed E-state index contributed by atoms with van der Waals surface area (Å²) in [4.78, 5) is 15.8. The van der Waals surface area contributed by atoms with E-state index in [1.54, 1.807) is 6.20 Å². The fourth-order valence-corrected chi connectivity index (χ4v) is 2.90. The summed E-state index contributed by atoms with van der Waals surface area (Å²) < 4.78 is -1.40. The Morgan fingerprint density at radius 3 is 2.45 bits per heavy atom. The first-order valence-electron chi connectivity index (χ1n) is 6.64. The van der Waals surface area contributed by atoms with Crippen LogP contribution < -0.4 is 5.32 Å². The van der Waals surface area contributed by atoms with E-state index in [2.05, 4.69) is 10.3 Å². The van der Waals surface area contributed by atoms with Crippen LogP contribution in [0.5, 0.6) is 0 Å². The van der Waals surface area contributed by atoms with E-state index >= 15 is 0 Å². The SMILES string of the molecule is C[C@@H](CC(=O)NC(C[C@H](C)C(Cl)(Cl)Cl)c1nccs1)C(Cl)Cl. The minimum Gasteiger partial charge on any atom is -0.347 e. The predicted molar refractivity (Wildman–Crippen MR) is 96.3 cm³/mol. The van der Waals surface area contributed by atoms with Crippen LogP contribution in [0.25, 0.3) is 0 Å².